The molecule has 2 rings (SSSR count). The standard InChI is InChI=1S/C27H45N5O16/c1-9(24(42)32-13(23(28)41)5-6-16(37)38)29-25(43)10(2)45-22-18(31-12(4)36)26(44)46-15(8-34)21(22)48-27-17(30-11(3)35)20(40)19(39)14(7-33)47-27/h9-10,13-15,17-22,26-27,33-34,39-40,44H,5-8H2,1-4H3,(H2,28,41)(H,29,43)(H,30,35)(H,31,36)(H,32,42)(H,37,38)/t9-,10+,13-,14+,15+,17+,18+,19+,20+,21+,22+,26?,27-/m0/s1. The number of rotatable bonds is 16. The number of aliphatic carboxylic acids is 1. The molecule has 2 saturated heterocycles. The molecule has 1 unspecified atom stereocenters. The van der Waals surface area contributed by atoms with Crippen LogP contribution in [0.5, 0.6) is 0 Å². The van der Waals surface area contributed by atoms with Gasteiger partial charge in [0.15, 0.2) is 12.6 Å². The highest BCUT2D eigenvalue weighted by Crippen LogP contribution is 2.31. The first-order valence-electron chi connectivity index (χ1n) is 15.0. The smallest absolute Gasteiger partial charge is 0.303 e. The van der Waals surface area contributed by atoms with Crippen molar-refractivity contribution in [3.05, 3.63) is 0 Å². The molecule has 0 spiro atoms. The topological polar surface area (TPSA) is 335 Å². The summed E-state index contributed by atoms with van der Waals surface area (Å²) in [6.07, 6.45) is -15.1. The minimum Gasteiger partial charge on any atom is -0.481 e. The van der Waals surface area contributed by atoms with Crippen molar-refractivity contribution in [1.82, 2.24) is 21.3 Å². The molecule has 48 heavy (non-hydrogen) atoms. The minimum absolute atomic E-state index is 0.302. The molecule has 0 bridgehead atoms. The predicted molar refractivity (Wildman–Crippen MR) is 156 cm³/mol. The van der Waals surface area contributed by atoms with Gasteiger partial charge in [0.05, 0.1) is 13.2 Å². The Hall–Kier alpha value is -3.54. The molecule has 0 aromatic heterocycles. The van der Waals surface area contributed by atoms with Crippen LogP contribution in [0.2, 0.25) is 0 Å². The van der Waals surface area contributed by atoms with Crippen molar-refractivity contribution in [1.29, 1.82) is 0 Å². The molecular weight excluding hydrogens is 650 g/mol. The number of aliphatic hydroxyl groups is 5. The molecule has 13 atom stereocenters. The van der Waals surface area contributed by atoms with Gasteiger partial charge in [-0.15, -0.1) is 0 Å². The molecule has 2 aliphatic rings. The van der Waals surface area contributed by atoms with Crippen LogP contribution < -0.4 is 27.0 Å². The van der Waals surface area contributed by atoms with E-state index in [4.69, 9.17) is 29.8 Å². The Balaban J connectivity index is 2.34. The highest BCUT2D eigenvalue weighted by molar-refractivity contribution is 5.92. The van der Waals surface area contributed by atoms with E-state index in [1.165, 1.54) is 13.8 Å². The molecular formula is C27H45N5O16. The average molecular weight is 696 g/mol. The molecule has 2 aliphatic heterocycles. The van der Waals surface area contributed by atoms with Crippen LogP contribution in [0.15, 0.2) is 0 Å². The van der Waals surface area contributed by atoms with E-state index in [0.717, 1.165) is 13.8 Å². The second-order valence-electron chi connectivity index (χ2n) is 11.4. The van der Waals surface area contributed by atoms with Gasteiger partial charge < -0.3 is 76.6 Å². The van der Waals surface area contributed by atoms with Gasteiger partial charge >= 0.3 is 5.97 Å². The third-order valence-corrected chi connectivity index (χ3v) is 7.55. The van der Waals surface area contributed by atoms with Crippen LogP contribution in [0.4, 0.5) is 0 Å². The number of hydrogen-bond donors (Lipinski definition) is 11. The van der Waals surface area contributed by atoms with Crippen molar-refractivity contribution in [2.24, 2.45) is 5.73 Å². The lowest BCUT2D eigenvalue weighted by molar-refractivity contribution is -0.333. The van der Waals surface area contributed by atoms with Crippen LogP contribution >= 0.6 is 0 Å². The van der Waals surface area contributed by atoms with Gasteiger partial charge in [-0.25, -0.2) is 0 Å². The summed E-state index contributed by atoms with van der Waals surface area (Å²) in [7, 11) is 0. The number of amides is 5. The number of nitrogens with two attached hydrogens (primary N) is 1. The van der Waals surface area contributed by atoms with Crippen LogP contribution in [-0.2, 0) is 47.7 Å². The molecule has 0 saturated carbocycles. The first kappa shape index (κ1) is 40.6. The summed E-state index contributed by atoms with van der Waals surface area (Å²) in [4.78, 5) is 72.3. The summed E-state index contributed by atoms with van der Waals surface area (Å²) in [6.45, 7) is 3.07. The third-order valence-electron chi connectivity index (χ3n) is 7.55. The lowest BCUT2D eigenvalue weighted by Crippen LogP contribution is -2.70. The fraction of sp³-hybridized carbons (Fsp3) is 0.778. The number of primary amides is 1. The van der Waals surface area contributed by atoms with Gasteiger partial charge in [0, 0.05) is 20.3 Å². The summed E-state index contributed by atoms with van der Waals surface area (Å²) in [5.41, 5.74) is 5.24. The molecule has 0 aromatic carbocycles. The molecule has 2 heterocycles. The second-order valence-corrected chi connectivity index (χ2v) is 11.4. The SMILES string of the molecule is CC(=O)N[C@H]1[C@H](O[C@H]2[C@H](O[C@H](C)C(=O)N[C@@H](C)C(=O)N[C@@H](CCC(=O)O)C(N)=O)[C@@H](NC(C)=O)C(O)O[C@@H]2CO)O[C@H](CO)[C@@H](O)[C@@H]1O. The normalized spacial score (nSPS) is 32.2. The summed E-state index contributed by atoms with van der Waals surface area (Å²) < 4.78 is 23.0. The van der Waals surface area contributed by atoms with Crippen molar-refractivity contribution in [2.45, 2.75) is 120 Å². The molecule has 0 aliphatic carbocycles. The Kier molecular flexibility index (Phi) is 15.5. The van der Waals surface area contributed by atoms with Gasteiger partial charge in [0.25, 0.3) is 0 Å². The molecule has 0 aromatic rings. The van der Waals surface area contributed by atoms with Crippen molar-refractivity contribution in [3.63, 3.8) is 0 Å². The van der Waals surface area contributed by atoms with E-state index >= 15 is 0 Å². The van der Waals surface area contributed by atoms with E-state index < -0.39 is 135 Å². The van der Waals surface area contributed by atoms with Gasteiger partial charge in [-0.05, 0) is 20.3 Å². The number of hydrogen-bond acceptors (Lipinski definition) is 15. The Morgan fingerprint density at radius 2 is 1.40 bits per heavy atom. The number of carbonyl (C=O) groups is 6. The van der Waals surface area contributed by atoms with Gasteiger partial charge in [0.2, 0.25) is 29.5 Å². The van der Waals surface area contributed by atoms with Crippen LogP contribution in [-0.4, -0.2) is 159 Å². The van der Waals surface area contributed by atoms with E-state index in [-0.39, 0.29) is 6.42 Å². The van der Waals surface area contributed by atoms with Crippen LogP contribution in [0, 0.1) is 0 Å². The van der Waals surface area contributed by atoms with Crippen LogP contribution in [0.3, 0.4) is 0 Å². The maximum Gasteiger partial charge on any atom is 0.303 e. The maximum atomic E-state index is 13.1. The first-order valence-corrected chi connectivity index (χ1v) is 15.0. The summed E-state index contributed by atoms with van der Waals surface area (Å²) in [5, 5.41) is 69.8. The monoisotopic (exact) mass is 695 g/mol. The Bertz CT molecular complexity index is 1160. The molecule has 0 radical (unpaired) electrons. The molecule has 12 N–H and O–H groups in total. The summed E-state index contributed by atoms with van der Waals surface area (Å²) in [6, 6.07) is -5.57. The van der Waals surface area contributed by atoms with Gasteiger partial charge in [0.1, 0.15) is 66.9 Å². The lowest BCUT2D eigenvalue weighted by atomic mass is 9.94. The minimum atomic E-state index is -1.83. The van der Waals surface area contributed by atoms with Crippen molar-refractivity contribution < 1.29 is 78.4 Å². The number of ether oxygens (including phenoxy) is 4. The quantitative estimate of drug-likeness (QED) is 0.0715. The summed E-state index contributed by atoms with van der Waals surface area (Å²) in [5.74, 6) is -5.40. The zero-order valence-electron chi connectivity index (χ0n) is 26.7. The van der Waals surface area contributed by atoms with Gasteiger partial charge in [-0.3, -0.25) is 28.8 Å². The molecule has 2 fully saturated rings. The van der Waals surface area contributed by atoms with Gasteiger partial charge in [-0.2, -0.15) is 0 Å². The number of aliphatic hydroxyl groups excluding tert-OH is 5. The first-order chi connectivity index (χ1) is 22.4. The maximum absolute atomic E-state index is 13.1. The molecule has 21 heteroatoms. The lowest BCUT2D eigenvalue weighted by Gasteiger charge is -2.48. The van der Waals surface area contributed by atoms with Gasteiger partial charge in [-0.1, -0.05) is 0 Å². The third kappa shape index (κ3) is 11.0. The number of carbonyl (C=O) groups excluding carboxylic acids is 5. The fourth-order valence-electron chi connectivity index (χ4n) is 5.07. The van der Waals surface area contributed by atoms with Crippen molar-refractivity contribution in [3.8, 4) is 0 Å². The average Bonchev–Trinajstić information content (AvgIpc) is 3.00. The Morgan fingerprint density at radius 1 is 0.812 bits per heavy atom. The van der Waals surface area contributed by atoms with Crippen molar-refractivity contribution >= 4 is 35.5 Å². The van der Waals surface area contributed by atoms with Crippen LogP contribution in [0.25, 0.3) is 0 Å². The van der Waals surface area contributed by atoms with Crippen LogP contribution in [0.1, 0.15) is 40.5 Å². The van der Waals surface area contributed by atoms with E-state index in [2.05, 4.69) is 21.3 Å². The Labute approximate surface area is 274 Å². The largest absolute Gasteiger partial charge is 0.481 e. The molecule has 21 nitrogen and oxygen atoms in total. The fourth-order valence-corrected chi connectivity index (χ4v) is 5.07. The number of nitrogens with one attached hydrogen (secondary N) is 4. The zero-order valence-corrected chi connectivity index (χ0v) is 26.7. The summed E-state index contributed by atoms with van der Waals surface area (Å²) >= 11 is 0. The molecule has 274 valence electrons. The second kappa shape index (κ2) is 18.3. The van der Waals surface area contributed by atoms with E-state index in [9.17, 15) is 54.3 Å². The van der Waals surface area contributed by atoms with E-state index in [1.807, 2.05) is 0 Å². The number of carboxylic acid groups (broad SMARTS) is 1. The highest BCUT2D eigenvalue weighted by Gasteiger charge is 2.52. The number of carboxylic acids is 1. The Morgan fingerprint density at radius 3 is 1.92 bits per heavy atom. The predicted octanol–water partition coefficient (Wildman–Crippen LogP) is -6.36. The highest BCUT2D eigenvalue weighted by atomic mass is 16.7. The van der Waals surface area contributed by atoms with Crippen molar-refractivity contribution in [2.75, 3.05) is 13.2 Å². The van der Waals surface area contributed by atoms with E-state index in [0.29, 0.717) is 0 Å². The molecule has 5 amide bonds. The zero-order chi connectivity index (χ0) is 36.5. The van der Waals surface area contributed by atoms with E-state index in [1.54, 1.807) is 0 Å².